The highest BCUT2D eigenvalue weighted by atomic mass is 35.5. The number of fused-ring (bicyclic) bond motifs is 1. The fourth-order valence-corrected chi connectivity index (χ4v) is 4.04. The van der Waals surface area contributed by atoms with Crippen LogP contribution < -0.4 is 11.1 Å². The third kappa shape index (κ3) is 6.48. The number of aromatic amines is 1. The van der Waals surface area contributed by atoms with Crippen LogP contribution >= 0.6 is 11.6 Å². The Balaban J connectivity index is 1.98. The van der Waals surface area contributed by atoms with Crippen LogP contribution in [0.25, 0.3) is 10.9 Å². The summed E-state index contributed by atoms with van der Waals surface area (Å²) in [4.78, 5) is 26.8. The number of rotatable bonds is 5. The third-order valence-electron chi connectivity index (χ3n) is 5.44. The van der Waals surface area contributed by atoms with E-state index in [9.17, 15) is 35.9 Å². The number of nitrogens with one attached hydrogen (secondary N) is 2. The maximum atomic E-state index is 13.7. The number of primary amides is 1. The van der Waals surface area contributed by atoms with Crippen LogP contribution in [0, 0.1) is 5.41 Å². The van der Waals surface area contributed by atoms with Gasteiger partial charge >= 0.3 is 18.4 Å². The van der Waals surface area contributed by atoms with E-state index in [1.807, 2.05) is 0 Å². The number of carbonyl (C=O) groups excluding carboxylic acids is 2. The molecule has 0 aliphatic heterocycles. The number of nitrogens with two attached hydrogens (primary N) is 1. The summed E-state index contributed by atoms with van der Waals surface area (Å²) in [5.41, 5.74) is 2.80. The Labute approximate surface area is 212 Å². The zero-order chi connectivity index (χ0) is 27.9. The third-order valence-corrected chi connectivity index (χ3v) is 5.76. The summed E-state index contributed by atoms with van der Waals surface area (Å²) in [7, 11) is 0. The second kappa shape index (κ2) is 9.81. The lowest BCUT2D eigenvalue weighted by Gasteiger charge is -2.30. The molecular formula is C24H22ClF6N3O3. The molecule has 0 spiro atoms. The van der Waals surface area contributed by atoms with E-state index in [0.29, 0.717) is 23.1 Å². The lowest BCUT2D eigenvalue weighted by Crippen LogP contribution is -2.38. The first kappa shape index (κ1) is 28.2. The van der Waals surface area contributed by atoms with Crippen LogP contribution in [0.1, 0.15) is 60.1 Å². The Morgan fingerprint density at radius 2 is 1.68 bits per heavy atom. The number of amides is 2. The molecule has 0 saturated carbocycles. The summed E-state index contributed by atoms with van der Waals surface area (Å²) in [6.07, 6.45) is -11.9. The average molecular weight is 550 g/mol. The Kier molecular flexibility index (Phi) is 7.46. The van der Waals surface area contributed by atoms with Crippen LogP contribution in [0.4, 0.5) is 31.1 Å². The smallest absolute Gasteiger partial charge is 0.416 e. The largest absolute Gasteiger partial charge is 0.441 e. The molecule has 0 aliphatic carbocycles. The van der Waals surface area contributed by atoms with Crippen molar-refractivity contribution >= 4 is 34.5 Å². The highest BCUT2D eigenvalue weighted by Gasteiger charge is 2.43. The van der Waals surface area contributed by atoms with E-state index in [1.54, 1.807) is 26.1 Å². The molecule has 1 aromatic heterocycles. The second-order valence-electron chi connectivity index (χ2n) is 9.40. The van der Waals surface area contributed by atoms with E-state index in [4.69, 9.17) is 22.1 Å². The molecule has 0 radical (unpaired) electrons. The maximum absolute atomic E-state index is 13.7. The Morgan fingerprint density at radius 1 is 1.03 bits per heavy atom. The van der Waals surface area contributed by atoms with Crippen LogP contribution in [0.5, 0.6) is 0 Å². The number of halogens is 7. The lowest BCUT2D eigenvalue weighted by atomic mass is 9.84. The van der Waals surface area contributed by atoms with Crippen molar-refractivity contribution < 1.29 is 40.7 Å². The SMILES string of the molecule is CC(C)(C)C(OC(N)=O)c1cc2cc(C(=O)NC(c3cccc(C(F)(F)F)c3)C(F)(F)F)[nH]c2cc1Cl. The number of hydrogen-bond acceptors (Lipinski definition) is 3. The van der Waals surface area contributed by atoms with Crippen molar-refractivity contribution in [1.82, 2.24) is 10.3 Å². The standard InChI is InChI=1S/C24H22ClF6N3O3/c1-22(2,3)19(37-21(32)36)14-8-12-9-17(33-16(12)10-15(14)25)20(35)34-18(24(29,30)31)11-5-4-6-13(7-11)23(26,27)28/h4-10,18-19,33H,1-3H3,(H2,32,36)(H,34,35). The average Bonchev–Trinajstić information content (AvgIpc) is 3.16. The van der Waals surface area contributed by atoms with Gasteiger partial charge in [-0.05, 0) is 35.9 Å². The molecule has 2 amide bonds. The molecule has 13 heteroatoms. The highest BCUT2D eigenvalue weighted by molar-refractivity contribution is 6.32. The fraction of sp³-hybridized carbons (Fsp3) is 0.333. The van der Waals surface area contributed by atoms with Crippen molar-refractivity contribution in [3.8, 4) is 0 Å². The van der Waals surface area contributed by atoms with Gasteiger partial charge in [-0.2, -0.15) is 26.3 Å². The van der Waals surface area contributed by atoms with E-state index in [2.05, 4.69) is 4.98 Å². The van der Waals surface area contributed by atoms with Crippen LogP contribution in [-0.2, 0) is 10.9 Å². The number of ether oxygens (including phenoxy) is 1. The lowest BCUT2D eigenvalue weighted by molar-refractivity contribution is -0.156. The minimum absolute atomic E-state index is 0.139. The van der Waals surface area contributed by atoms with Crippen LogP contribution in [0.3, 0.4) is 0 Å². The van der Waals surface area contributed by atoms with E-state index < -0.39 is 53.0 Å². The van der Waals surface area contributed by atoms with Gasteiger partial charge in [0.15, 0.2) is 6.04 Å². The van der Waals surface area contributed by atoms with Gasteiger partial charge in [0.1, 0.15) is 11.8 Å². The normalized spacial score (nSPS) is 14.3. The van der Waals surface area contributed by atoms with Crippen LogP contribution in [-0.4, -0.2) is 23.2 Å². The Bertz CT molecular complexity index is 1330. The first-order valence-corrected chi connectivity index (χ1v) is 11.1. The van der Waals surface area contributed by atoms with Crippen LogP contribution in [0.2, 0.25) is 5.02 Å². The highest BCUT2D eigenvalue weighted by Crippen LogP contribution is 2.41. The molecule has 0 bridgehead atoms. The number of benzene rings is 2. The molecule has 1 heterocycles. The van der Waals surface area contributed by atoms with Gasteiger partial charge < -0.3 is 20.8 Å². The summed E-state index contributed by atoms with van der Waals surface area (Å²) in [5, 5.41) is 2.24. The quantitative estimate of drug-likeness (QED) is 0.297. The van der Waals surface area contributed by atoms with Gasteiger partial charge in [-0.3, -0.25) is 4.79 Å². The molecule has 3 rings (SSSR count). The van der Waals surface area contributed by atoms with Crippen molar-refractivity contribution in [2.45, 2.75) is 45.3 Å². The van der Waals surface area contributed by atoms with Crippen molar-refractivity contribution in [2.24, 2.45) is 11.1 Å². The van der Waals surface area contributed by atoms with Gasteiger partial charge in [0.2, 0.25) is 0 Å². The molecule has 3 aromatic rings. The van der Waals surface area contributed by atoms with Crippen molar-refractivity contribution in [3.05, 3.63) is 69.9 Å². The van der Waals surface area contributed by atoms with Crippen molar-refractivity contribution in [3.63, 3.8) is 0 Å². The predicted molar refractivity (Wildman–Crippen MR) is 124 cm³/mol. The molecule has 0 aliphatic rings. The Morgan fingerprint density at radius 3 is 2.22 bits per heavy atom. The minimum Gasteiger partial charge on any atom is -0.441 e. The van der Waals surface area contributed by atoms with Crippen molar-refractivity contribution in [2.75, 3.05) is 0 Å². The molecule has 6 nitrogen and oxygen atoms in total. The monoisotopic (exact) mass is 549 g/mol. The molecular weight excluding hydrogens is 528 g/mol. The molecule has 4 N–H and O–H groups in total. The first-order valence-electron chi connectivity index (χ1n) is 10.7. The molecule has 2 unspecified atom stereocenters. The summed E-state index contributed by atoms with van der Waals surface area (Å²) >= 11 is 6.36. The van der Waals surface area contributed by atoms with Gasteiger partial charge in [-0.1, -0.05) is 44.5 Å². The first-order chi connectivity index (χ1) is 16.9. The summed E-state index contributed by atoms with van der Waals surface area (Å²) in [6.45, 7) is 5.30. The van der Waals surface area contributed by atoms with Gasteiger partial charge in [0, 0.05) is 26.9 Å². The zero-order valence-electron chi connectivity index (χ0n) is 19.6. The maximum Gasteiger partial charge on any atom is 0.416 e. The predicted octanol–water partition coefficient (Wildman–Crippen LogP) is 7.06. The second-order valence-corrected chi connectivity index (χ2v) is 9.81. The zero-order valence-corrected chi connectivity index (χ0v) is 20.4. The van der Waals surface area contributed by atoms with E-state index in [0.717, 1.165) is 12.1 Å². The number of carbonyl (C=O) groups is 2. The summed E-state index contributed by atoms with van der Waals surface area (Å²) in [6, 6.07) is 4.07. The van der Waals surface area contributed by atoms with Gasteiger partial charge in [-0.25, -0.2) is 4.79 Å². The van der Waals surface area contributed by atoms with Crippen LogP contribution in [0.15, 0.2) is 42.5 Å². The van der Waals surface area contributed by atoms with Gasteiger partial charge in [-0.15, -0.1) is 0 Å². The van der Waals surface area contributed by atoms with E-state index in [1.165, 1.54) is 18.2 Å². The van der Waals surface area contributed by atoms with Gasteiger partial charge in [0.25, 0.3) is 5.91 Å². The van der Waals surface area contributed by atoms with E-state index in [-0.39, 0.29) is 16.2 Å². The molecule has 2 atom stereocenters. The number of hydrogen-bond donors (Lipinski definition) is 3. The summed E-state index contributed by atoms with van der Waals surface area (Å²) < 4.78 is 85.5. The number of alkyl halides is 6. The minimum atomic E-state index is -5.09. The molecule has 200 valence electrons. The molecule has 37 heavy (non-hydrogen) atoms. The molecule has 2 aromatic carbocycles. The Hall–Kier alpha value is -3.41. The fourth-order valence-electron chi connectivity index (χ4n) is 3.78. The number of aromatic nitrogens is 1. The van der Waals surface area contributed by atoms with Gasteiger partial charge in [0.05, 0.1) is 5.56 Å². The molecule has 0 saturated heterocycles. The number of H-pyrrole nitrogens is 1. The van der Waals surface area contributed by atoms with Crippen molar-refractivity contribution in [1.29, 1.82) is 0 Å². The van der Waals surface area contributed by atoms with E-state index >= 15 is 0 Å². The summed E-state index contributed by atoms with van der Waals surface area (Å²) in [5.74, 6) is -1.21. The molecule has 0 fully saturated rings. The topological polar surface area (TPSA) is 97.2 Å².